The first-order chi connectivity index (χ1) is 12.9. The van der Waals surface area contributed by atoms with Crippen molar-refractivity contribution >= 4 is 35.0 Å². The number of carbonyl (C=O) groups excluding carboxylic acids is 2. The Morgan fingerprint density at radius 1 is 1.19 bits per heavy atom. The largest absolute Gasteiger partial charge is 0.325 e. The zero-order chi connectivity index (χ0) is 19.4. The number of thioether (sulfide) groups is 1. The van der Waals surface area contributed by atoms with Gasteiger partial charge in [-0.2, -0.15) is 0 Å². The van der Waals surface area contributed by atoms with Crippen LogP contribution >= 0.6 is 11.8 Å². The van der Waals surface area contributed by atoms with E-state index < -0.39 is 0 Å². The average molecular weight is 386 g/mol. The molecule has 27 heavy (non-hydrogen) atoms. The Bertz CT molecular complexity index is 837. The number of aryl methyl sites for hydroxylation is 1. The van der Waals surface area contributed by atoms with Crippen molar-refractivity contribution in [2.24, 2.45) is 5.92 Å². The minimum Gasteiger partial charge on any atom is -0.325 e. The Balaban J connectivity index is 1.67. The highest BCUT2D eigenvalue weighted by molar-refractivity contribution is 8.00. The number of benzene rings is 2. The normalized spacial score (nSPS) is 13.4. The van der Waals surface area contributed by atoms with Gasteiger partial charge in [0.05, 0.1) is 5.75 Å². The second kappa shape index (κ2) is 8.57. The molecule has 0 aromatic heterocycles. The molecule has 2 aromatic rings. The molecule has 6 heteroatoms. The molecule has 2 amide bonds. The third-order valence-electron chi connectivity index (χ3n) is 4.43. The number of carbonyl (C=O) groups is 2. The molecule has 4 nitrogen and oxygen atoms in total. The van der Waals surface area contributed by atoms with E-state index in [9.17, 15) is 14.0 Å². The van der Waals surface area contributed by atoms with Crippen molar-refractivity contribution in [2.45, 2.75) is 31.6 Å². The van der Waals surface area contributed by atoms with E-state index in [0.717, 1.165) is 29.0 Å². The predicted octanol–water partition coefficient (Wildman–Crippen LogP) is 4.49. The fourth-order valence-corrected chi connectivity index (χ4v) is 3.77. The molecule has 0 spiro atoms. The Hall–Kier alpha value is -2.34. The number of nitrogens with zero attached hydrogens (tertiary/aromatic N) is 1. The van der Waals surface area contributed by atoms with Crippen molar-refractivity contribution in [1.29, 1.82) is 0 Å². The van der Waals surface area contributed by atoms with Gasteiger partial charge in [0.25, 0.3) is 0 Å². The van der Waals surface area contributed by atoms with Crippen LogP contribution in [0.1, 0.15) is 25.8 Å². The topological polar surface area (TPSA) is 49.4 Å². The van der Waals surface area contributed by atoms with Crippen molar-refractivity contribution in [3.05, 3.63) is 53.8 Å². The summed E-state index contributed by atoms with van der Waals surface area (Å²) in [5.41, 5.74) is 2.71. The van der Waals surface area contributed by atoms with Gasteiger partial charge in [-0.3, -0.25) is 9.59 Å². The maximum Gasteiger partial charge on any atom is 0.234 e. The van der Waals surface area contributed by atoms with Crippen molar-refractivity contribution in [1.82, 2.24) is 0 Å². The summed E-state index contributed by atoms with van der Waals surface area (Å²) in [4.78, 5) is 27.4. The Kier molecular flexibility index (Phi) is 6.16. The molecule has 1 aliphatic heterocycles. The first kappa shape index (κ1) is 19.4. The minimum atomic E-state index is -0.293. The summed E-state index contributed by atoms with van der Waals surface area (Å²) in [5, 5.41) is 2.89. The first-order valence-electron chi connectivity index (χ1n) is 9.06. The van der Waals surface area contributed by atoms with E-state index in [1.54, 1.807) is 12.1 Å². The number of fused-ring (bicyclic) bond motifs is 1. The van der Waals surface area contributed by atoms with Gasteiger partial charge in [-0.1, -0.05) is 19.9 Å². The molecule has 0 fully saturated rings. The first-order valence-corrected chi connectivity index (χ1v) is 10.0. The molecule has 0 unspecified atom stereocenters. The van der Waals surface area contributed by atoms with Gasteiger partial charge in [0.15, 0.2) is 0 Å². The predicted molar refractivity (Wildman–Crippen MR) is 108 cm³/mol. The number of hydrogen-bond donors (Lipinski definition) is 1. The molecule has 0 atom stereocenters. The van der Waals surface area contributed by atoms with Crippen molar-refractivity contribution < 1.29 is 14.0 Å². The van der Waals surface area contributed by atoms with Crippen LogP contribution in [0.3, 0.4) is 0 Å². The second-order valence-corrected chi connectivity index (χ2v) is 7.93. The summed E-state index contributed by atoms with van der Waals surface area (Å²) >= 11 is 1.35. The zero-order valence-electron chi connectivity index (χ0n) is 15.5. The van der Waals surface area contributed by atoms with Crippen LogP contribution in [-0.2, 0) is 16.0 Å². The van der Waals surface area contributed by atoms with Crippen LogP contribution in [0, 0.1) is 11.7 Å². The second-order valence-electron chi connectivity index (χ2n) is 6.88. The van der Waals surface area contributed by atoms with Crippen LogP contribution in [0.5, 0.6) is 0 Å². The lowest BCUT2D eigenvalue weighted by Crippen LogP contribution is -2.38. The van der Waals surface area contributed by atoms with Gasteiger partial charge in [-0.15, -0.1) is 11.8 Å². The van der Waals surface area contributed by atoms with Crippen LogP contribution < -0.4 is 10.2 Å². The molecule has 0 saturated carbocycles. The van der Waals surface area contributed by atoms with E-state index in [1.807, 2.05) is 36.9 Å². The van der Waals surface area contributed by atoms with Crippen molar-refractivity contribution in [3.8, 4) is 0 Å². The lowest BCUT2D eigenvalue weighted by atomic mass is 9.99. The van der Waals surface area contributed by atoms with Gasteiger partial charge >= 0.3 is 0 Å². The standard InChI is InChI=1S/C21H23FN2O2S/c1-14(2)21(26)24-11-3-4-15-5-8-17(12-19(15)24)23-20(25)13-27-18-9-6-16(22)7-10-18/h5-10,12,14H,3-4,11,13H2,1-2H3,(H,23,25). The molecule has 142 valence electrons. The van der Waals surface area contributed by atoms with Crippen LogP contribution in [0.4, 0.5) is 15.8 Å². The number of rotatable bonds is 5. The third-order valence-corrected chi connectivity index (χ3v) is 5.44. The van der Waals surface area contributed by atoms with E-state index in [2.05, 4.69) is 5.32 Å². The van der Waals surface area contributed by atoms with E-state index >= 15 is 0 Å². The SMILES string of the molecule is CC(C)C(=O)N1CCCc2ccc(NC(=O)CSc3ccc(F)cc3)cc21. The fraction of sp³-hybridized carbons (Fsp3) is 0.333. The van der Waals surface area contributed by atoms with E-state index in [0.29, 0.717) is 12.2 Å². The van der Waals surface area contributed by atoms with Crippen molar-refractivity contribution in [3.63, 3.8) is 0 Å². The summed E-state index contributed by atoms with van der Waals surface area (Å²) in [6.07, 6.45) is 1.89. The molecule has 1 aliphatic rings. The molecule has 1 N–H and O–H groups in total. The molecule has 1 heterocycles. The average Bonchev–Trinajstić information content (AvgIpc) is 2.66. The minimum absolute atomic E-state index is 0.0682. The number of amides is 2. The lowest BCUT2D eigenvalue weighted by molar-refractivity contribution is -0.121. The van der Waals surface area contributed by atoms with E-state index in [4.69, 9.17) is 0 Å². The quantitative estimate of drug-likeness (QED) is 0.770. The number of anilines is 2. The third kappa shape index (κ3) is 4.89. The molecule has 2 aromatic carbocycles. The smallest absolute Gasteiger partial charge is 0.234 e. The highest BCUT2D eigenvalue weighted by Crippen LogP contribution is 2.31. The summed E-state index contributed by atoms with van der Waals surface area (Å²) in [6, 6.07) is 11.8. The maximum atomic E-state index is 12.9. The number of hydrogen-bond acceptors (Lipinski definition) is 3. The zero-order valence-corrected chi connectivity index (χ0v) is 16.3. The van der Waals surface area contributed by atoms with Gasteiger partial charge < -0.3 is 10.2 Å². The van der Waals surface area contributed by atoms with Gasteiger partial charge in [-0.05, 0) is 54.8 Å². The Morgan fingerprint density at radius 2 is 1.93 bits per heavy atom. The van der Waals surface area contributed by atoms with Gasteiger partial charge in [0.2, 0.25) is 11.8 Å². The lowest BCUT2D eigenvalue weighted by Gasteiger charge is -2.31. The van der Waals surface area contributed by atoms with Gasteiger partial charge in [0.1, 0.15) is 5.82 Å². The molecule has 0 radical (unpaired) electrons. The van der Waals surface area contributed by atoms with Gasteiger partial charge in [0, 0.05) is 28.7 Å². The fourth-order valence-electron chi connectivity index (χ4n) is 3.07. The van der Waals surface area contributed by atoms with E-state index in [1.165, 1.54) is 23.9 Å². The van der Waals surface area contributed by atoms with Crippen LogP contribution in [0.2, 0.25) is 0 Å². The Morgan fingerprint density at radius 3 is 2.63 bits per heavy atom. The number of halogens is 1. The summed E-state index contributed by atoms with van der Waals surface area (Å²) in [6.45, 7) is 4.51. The molecule has 0 aliphatic carbocycles. The molecular weight excluding hydrogens is 363 g/mol. The summed E-state index contributed by atoms with van der Waals surface area (Å²) in [7, 11) is 0. The maximum absolute atomic E-state index is 12.9. The van der Waals surface area contributed by atoms with Crippen molar-refractivity contribution in [2.75, 3.05) is 22.5 Å². The highest BCUT2D eigenvalue weighted by atomic mass is 32.2. The highest BCUT2D eigenvalue weighted by Gasteiger charge is 2.24. The molecule has 0 saturated heterocycles. The molecular formula is C21H23FN2O2S. The van der Waals surface area contributed by atoms with Crippen LogP contribution in [0.15, 0.2) is 47.4 Å². The molecule has 0 bridgehead atoms. The van der Waals surface area contributed by atoms with Gasteiger partial charge in [-0.25, -0.2) is 4.39 Å². The van der Waals surface area contributed by atoms with Crippen LogP contribution in [0.25, 0.3) is 0 Å². The summed E-state index contributed by atoms with van der Waals surface area (Å²) in [5.74, 6) is -0.162. The Labute approximate surface area is 163 Å². The van der Waals surface area contributed by atoms with Crippen LogP contribution in [-0.4, -0.2) is 24.1 Å². The van der Waals surface area contributed by atoms with E-state index in [-0.39, 0.29) is 29.3 Å². The monoisotopic (exact) mass is 386 g/mol. The molecule has 3 rings (SSSR count). The number of nitrogens with one attached hydrogen (secondary N) is 1. The summed E-state index contributed by atoms with van der Waals surface area (Å²) < 4.78 is 12.9.